The van der Waals surface area contributed by atoms with Crippen LogP contribution in [0.1, 0.15) is 5.76 Å². The fourth-order valence-corrected chi connectivity index (χ4v) is 2.71. The van der Waals surface area contributed by atoms with E-state index in [1.165, 1.54) is 4.91 Å². The zero-order chi connectivity index (χ0) is 10.7. The lowest BCUT2D eigenvalue weighted by Crippen LogP contribution is -2.22. The highest BCUT2D eigenvalue weighted by atomic mass is 32.2. The van der Waals surface area contributed by atoms with Gasteiger partial charge in [0.2, 0.25) is 0 Å². The topological polar surface area (TPSA) is 16.4 Å². The Balaban J connectivity index is 2.08. The van der Waals surface area contributed by atoms with Crippen LogP contribution in [0.4, 0.5) is 0 Å². The highest BCUT2D eigenvalue weighted by Crippen LogP contribution is 2.30. The third kappa shape index (κ3) is 2.52. The van der Waals surface area contributed by atoms with Gasteiger partial charge in [-0.05, 0) is 18.2 Å². The first kappa shape index (κ1) is 10.5. The Hall–Kier alpha value is -1.00. The van der Waals surface area contributed by atoms with E-state index < -0.39 is 0 Å². The normalized spacial score (nSPS) is 18.8. The summed E-state index contributed by atoms with van der Waals surface area (Å²) in [4.78, 5) is 3.33. The van der Waals surface area contributed by atoms with Crippen LogP contribution in [0.2, 0.25) is 0 Å². The highest BCUT2D eigenvalue weighted by Gasteiger charge is 2.21. The summed E-state index contributed by atoms with van der Waals surface area (Å²) in [5.74, 6) is 0.876. The first-order valence-electron chi connectivity index (χ1n) is 4.61. The van der Waals surface area contributed by atoms with Gasteiger partial charge in [0.15, 0.2) is 0 Å². The first-order valence-corrected chi connectivity index (χ1v) is 5.84. The molecule has 0 unspecified atom stereocenters. The van der Waals surface area contributed by atoms with Crippen LogP contribution in [0.25, 0.3) is 6.08 Å². The largest absolute Gasteiger partial charge is 0.465 e. The van der Waals surface area contributed by atoms with Crippen molar-refractivity contribution in [3.63, 3.8) is 0 Å². The number of hydrogen-bond acceptors (Lipinski definition) is 3. The molecule has 1 fully saturated rings. The molecule has 0 aliphatic carbocycles. The first-order chi connectivity index (χ1) is 7.29. The molecule has 0 spiro atoms. The molecular formula is C11H11NOS2. The minimum absolute atomic E-state index is 0.807. The number of hydrogen-bond donors (Lipinski definition) is 0. The third-order valence-corrected chi connectivity index (χ3v) is 3.47. The molecule has 0 N–H and O–H groups in total. The Morgan fingerprint density at radius 2 is 2.53 bits per heavy atom. The van der Waals surface area contributed by atoms with Gasteiger partial charge in [0, 0.05) is 11.4 Å². The number of furan rings is 1. The summed E-state index contributed by atoms with van der Waals surface area (Å²) in [5, 5.41) is 0. The minimum Gasteiger partial charge on any atom is -0.465 e. The lowest BCUT2D eigenvalue weighted by atomic mass is 10.4. The van der Waals surface area contributed by atoms with E-state index in [9.17, 15) is 0 Å². The molecule has 4 heteroatoms. The predicted octanol–water partition coefficient (Wildman–Crippen LogP) is 3.14. The van der Waals surface area contributed by atoms with Crippen molar-refractivity contribution in [2.45, 2.75) is 0 Å². The van der Waals surface area contributed by atoms with Gasteiger partial charge in [0.25, 0.3) is 0 Å². The number of rotatable bonds is 3. The number of thioether (sulfide) groups is 1. The van der Waals surface area contributed by atoms with Crippen LogP contribution in [-0.2, 0) is 0 Å². The fraction of sp³-hybridized carbons (Fsp3) is 0.182. The SMILES string of the molecule is C=CCN1C/C(=C\c2ccco2)SC1=S. The molecule has 2 heterocycles. The van der Waals surface area contributed by atoms with Crippen molar-refractivity contribution in [3.8, 4) is 0 Å². The predicted molar refractivity (Wildman–Crippen MR) is 68.6 cm³/mol. The molecule has 15 heavy (non-hydrogen) atoms. The van der Waals surface area contributed by atoms with E-state index in [-0.39, 0.29) is 0 Å². The summed E-state index contributed by atoms with van der Waals surface area (Å²) in [7, 11) is 0. The second-order valence-corrected chi connectivity index (χ2v) is 4.92. The lowest BCUT2D eigenvalue weighted by Gasteiger charge is -2.12. The molecule has 2 rings (SSSR count). The molecule has 1 aromatic rings. The molecule has 2 nitrogen and oxygen atoms in total. The quantitative estimate of drug-likeness (QED) is 0.593. The van der Waals surface area contributed by atoms with Gasteiger partial charge in [0.05, 0.1) is 12.8 Å². The second kappa shape index (κ2) is 4.68. The van der Waals surface area contributed by atoms with E-state index in [0.717, 1.165) is 23.2 Å². The van der Waals surface area contributed by atoms with Crippen LogP contribution in [-0.4, -0.2) is 22.3 Å². The van der Waals surface area contributed by atoms with Crippen LogP contribution in [0.15, 0.2) is 40.4 Å². The molecule has 78 valence electrons. The summed E-state index contributed by atoms with van der Waals surface area (Å²) in [6.07, 6.45) is 5.56. The molecule has 0 aromatic carbocycles. The van der Waals surface area contributed by atoms with E-state index in [2.05, 4.69) is 11.5 Å². The smallest absolute Gasteiger partial charge is 0.141 e. The van der Waals surface area contributed by atoms with E-state index >= 15 is 0 Å². The summed E-state index contributed by atoms with van der Waals surface area (Å²) < 4.78 is 6.16. The standard InChI is InChI=1S/C11H11NOS2/c1-2-5-12-8-10(15-11(12)14)7-9-4-3-6-13-9/h2-4,6-7H,1,5,8H2/b10-7+. The molecule has 1 saturated heterocycles. The maximum atomic E-state index is 5.25. The van der Waals surface area contributed by atoms with Gasteiger partial charge in [-0.1, -0.05) is 30.1 Å². The lowest BCUT2D eigenvalue weighted by molar-refractivity contribution is 0.535. The molecule has 0 saturated carbocycles. The van der Waals surface area contributed by atoms with Crippen molar-refractivity contribution >= 4 is 34.4 Å². The van der Waals surface area contributed by atoms with Gasteiger partial charge in [-0.25, -0.2) is 0 Å². The summed E-state index contributed by atoms with van der Waals surface area (Å²) in [6.45, 7) is 5.38. The Morgan fingerprint density at radius 1 is 1.67 bits per heavy atom. The van der Waals surface area contributed by atoms with E-state index in [4.69, 9.17) is 16.6 Å². The van der Waals surface area contributed by atoms with Crippen LogP contribution < -0.4 is 0 Å². The molecule has 0 bridgehead atoms. The number of nitrogens with zero attached hydrogens (tertiary/aromatic N) is 1. The molecule has 0 atom stereocenters. The van der Waals surface area contributed by atoms with Gasteiger partial charge in [-0.2, -0.15) is 0 Å². The van der Waals surface area contributed by atoms with Crippen molar-refractivity contribution in [3.05, 3.63) is 41.7 Å². The Labute approximate surface area is 98.6 Å². The molecule has 0 amide bonds. The van der Waals surface area contributed by atoms with Gasteiger partial charge < -0.3 is 9.32 Å². The molecular weight excluding hydrogens is 226 g/mol. The summed E-state index contributed by atoms with van der Waals surface area (Å²) in [6, 6.07) is 3.82. The molecule has 1 aliphatic rings. The summed E-state index contributed by atoms with van der Waals surface area (Å²) >= 11 is 6.87. The zero-order valence-corrected chi connectivity index (χ0v) is 9.81. The fourth-order valence-electron chi connectivity index (χ4n) is 1.36. The average Bonchev–Trinajstić information content (AvgIpc) is 2.79. The van der Waals surface area contributed by atoms with Crippen molar-refractivity contribution < 1.29 is 4.42 Å². The molecule has 1 aliphatic heterocycles. The van der Waals surface area contributed by atoms with Crippen LogP contribution in [0.3, 0.4) is 0 Å². The zero-order valence-electron chi connectivity index (χ0n) is 8.18. The Morgan fingerprint density at radius 3 is 3.20 bits per heavy atom. The van der Waals surface area contributed by atoms with Crippen molar-refractivity contribution in [2.75, 3.05) is 13.1 Å². The maximum absolute atomic E-state index is 5.25. The average molecular weight is 237 g/mol. The van der Waals surface area contributed by atoms with Crippen molar-refractivity contribution in [2.24, 2.45) is 0 Å². The van der Waals surface area contributed by atoms with Gasteiger partial charge in [0.1, 0.15) is 10.1 Å². The van der Waals surface area contributed by atoms with E-state index in [1.54, 1.807) is 18.0 Å². The minimum atomic E-state index is 0.807. The van der Waals surface area contributed by atoms with Crippen molar-refractivity contribution in [1.29, 1.82) is 0 Å². The van der Waals surface area contributed by atoms with Gasteiger partial charge in [-0.15, -0.1) is 6.58 Å². The summed E-state index contributed by atoms with van der Waals surface area (Å²) in [5.41, 5.74) is 0. The van der Waals surface area contributed by atoms with Crippen LogP contribution >= 0.6 is 24.0 Å². The molecule has 1 aromatic heterocycles. The maximum Gasteiger partial charge on any atom is 0.141 e. The van der Waals surface area contributed by atoms with Crippen LogP contribution in [0, 0.1) is 0 Å². The Bertz CT molecular complexity index is 395. The monoisotopic (exact) mass is 237 g/mol. The van der Waals surface area contributed by atoms with Crippen LogP contribution in [0.5, 0.6) is 0 Å². The van der Waals surface area contributed by atoms with E-state index in [0.29, 0.717) is 0 Å². The third-order valence-electron chi connectivity index (χ3n) is 2.02. The Kier molecular flexibility index (Phi) is 3.28. The van der Waals surface area contributed by atoms with Gasteiger partial charge >= 0.3 is 0 Å². The van der Waals surface area contributed by atoms with Gasteiger partial charge in [-0.3, -0.25) is 0 Å². The highest BCUT2D eigenvalue weighted by molar-refractivity contribution is 8.25. The number of thiocarbonyl (C=S) groups is 1. The van der Waals surface area contributed by atoms with E-state index in [1.807, 2.05) is 24.3 Å². The second-order valence-electron chi connectivity index (χ2n) is 3.16. The van der Waals surface area contributed by atoms with Crippen molar-refractivity contribution in [1.82, 2.24) is 4.90 Å². The molecule has 0 radical (unpaired) electrons.